The van der Waals surface area contributed by atoms with Crippen LogP contribution in [0, 0.1) is 5.92 Å². The number of benzene rings is 1. The Bertz CT molecular complexity index is 406. The summed E-state index contributed by atoms with van der Waals surface area (Å²) in [6.45, 7) is 2.35. The molecule has 1 atom stereocenters. The zero-order chi connectivity index (χ0) is 10.3. The van der Waals surface area contributed by atoms with Gasteiger partial charge in [0.1, 0.15) is 0 Å². The zero-order valence-electron chi connectivity index (χ0n) is 9.24. The maximum Gasteiger partial charge on any atom is 0.0166 e. The lowest BCUT2D eigenvalue weighted by molar-refractivity contribution is 0.308. The summed E-state index contributed by atoms with van der Waals surface area (Å²) in [5, 5.41) is 0. The Kier molecular flexibility index (Phi) is 2.14. The van der Waals surface area contributed by atoms with Gasteiger partial charge in [0.15, 0.2) is 0 Å². The van der Waals surface area contributed by atoms with E-state index in [1.807, 2.05) is 0 Å². The molecular formula is C14H17N. The summed E-state index contributed by atoms with van der Waals surface area (Å²) in [5.41, 5.74) is 4.67. The molecule has 1 aliphatic heterocycles. The van der Waals surface area contributed by atoms with E-state index >= 15 is 0 Å². The molecule has 0 N–H and O–H groups in total. The highest BCUT2D eigenvalue weighted by atomic mass is 15.1. The Morgan fingerprint density at radius 3 is 3.07 bits per heavy atom. The largest absolute Gasteiger partial charge is 0.302 e. The quantitative estimate of drug-likeness (QED) is 0.620. The van der Waals surface area contributed by atoms with Crippen molar-refractivity contribution in [3.8, 4) is 0 Å². The van der Waals surface area contributed by atoms with Gasteiger partial charge >= 0.3 is 0 Å². The van der Waals surface area contributed by atoms with Gasteiger partial charge in [-0.2, -0.15) is 0 Å². The van der Waals surface area contributed by atoms with Crippen LogP contribution in [0.3, 0.4) is 0 Å². The zero-order valence-corrected chi connectivity index (χ0v) is 9.24. The molecule has 1 heteroatoms. The highest BCUT2D eigenvalue weighted by Gasteiger charge is 2.26. The smallest absolute Gasteiger partial charge is 0.0166 e. The van der Waals surface area contributed by atoms with Crippen LogP contribution in [0.5, 0.6) is 0 Å². The molecule has 1 aliphatic carbocycles. The van der Waals surface area contributed by atoms with E-state index in [0.717, 1.165) is 12.5 Å². The third kappa shape index (κ3) is 1.51. The van der Waals surface area contributed by atoms with Crippen LogP contribution >= 0.6 is 0 Å². The van der Waals surface area contributed by atoms with Gasteiger partial charge in [0.2, 0.25) is 0 Å². The first kappa shape index (κ1) is 9.17. The van der Waals surface area contributed by atoms with Gasteiger partial charge in [-0.15, -0.1) is 0 Å². The van der Waals surface area contributed by atoms with Crippen molar-refractivity contribution in [2.45, 2.75) is 12.8 Å². The molecule has 0 aromatic heterocycles. The summed E-state index contributed by atoms with van der Waals surface area (Å²) >= 11 is 0. The Labute approximate surface area is 91.4 Å². The minimum Gasteiger partial charge on any atom is -0.302 e. The molecule has 15 heavy (non-hydrogen) atoms. The average Bonchev–Trinajstić information content (AvgIpc) is 2.28. The number of hydrogen-bond acceptors (Lipinski definition) is 1. The standard InChI is InChI=1S/C14H17N/c1-15-9-8-14-12(10-15)7-6-11-4-2-3-5-13(11)14/h2-5,8,12H,6-7,9-10H2,1H3. The Morgan fingerprint density at radius 2 is 2.13 bits per heavy atom. The molecule has 3 rings (SSSR count). The van der Waals surface area contributed by atoms with Crippen LogP contribution < -0.4 is 0 Å². The Hall–Kier alpha value is -1.08. The van der Waals surface area contributed by atoms with Crippen molar-refractivity contribution in [1.29, 1.82) is 0 Å². The molecule has 78 valence electrons. The molecule has 0 bridgehead atoms. The lowest BCUT2D eigenvalue weighted by atomic mass is 9.78. The predicted molar refractivity (Wildman–Crippen MR) is 63.7 cm³/mol. The number of rotatable bonds is 0. The predicted octanol–water partition coefficient (Wildman–Crippen LogP) is 2.58. The van der Waals surface area contributed by atoms with Crippen molar-refractivity contribution >= 4 is 5.57 Å². The Balaban J connectivity index is 2.06. The molecule has 1 nitrogen and oxygen atoms in total. The third-order valence-electron chi connectivity index (χ3n) is 3.69. The molecule has 1 aromatic rings. The molecule has 0 fully saturated rings. The summed E-state index contributed by atoms with van der Waals surface area (Å²) < 4.78 is 0. The second kappa shape index (κ2) is 3.49. The summed E-state index contributed by atoms with van der Waals surface area (Å²) in [6.07, 6.45) is 5.01. The van der Waals surface area contributed by atoms with Gasteiger partial charge in [-0.1, -0.05) is 30.3 Å². The minimum atomic E-state index is 0.777. The molecule has 0 amide bonds. The SMILES string of the molecule is CN1CC=C2c3ccccc3CCC2C1. The molecule has 1 aromatic carbocycles. The van der Waals surface area contributed by atoms with Gasteiger partial charge in [0.05, 0.1) is 0 Å². The summed E-state index contributed by atoms with van der Waals surface area (Å²) in [7, 11) is 2.22. The van der Waals surface area contributed by atoms with E-state index in [9.17, 15) is 0 Å². The van der Waals surface area contributed by atoms with E-state index in [-0.39, 0.29) is 0 Å². The monoisotopic (exact) mass is 199 g/mol. The topological polar surface area (TPSA) is 3.24 Å². The van der Waals surface area contributed by atoms with Crippen LogP contribution in [0.15, 0.2) is 30.3 Å². The lowest BCUT2D eigenvalue weighted by Gasteiger charge is -2.35. The van der Waals surface area contributed by atoms with Crippen molar-refractivity contribution in [2.24, 2.45) is 5.92 Å². The number of aryl methyl sites for hydroxylation is 1. The Morgan fingerprint density at radius 1 is 1.27 bits per heavy atom. The average molecular weight is 199 g/mol. The van der Waals surface area contributed by atoms with Gasteiger partial charge in [-0.05, 0) is 42.5 Å². The van der Waals surface area contributed by atoms with Gasteiger partial charge in [0, 0.05) is 13.1 Å². The summed E-state index contributed by atoms with van der Waals surface area (Å²) in [6, 6.07) is 8.90. The van der Waals surface area contributed by atoms with E-state index < -0.39 is 0 Å². The molecule has 1 heterocycles. The fourth-order valence-corrected chi connectivity index (χ4v) is 2.90. The van der Waals surface area contributed by atoms with E-state index in [1.54, 1.807) is 11.1 Å². The normalized spacial score (nSPS) is 25.4. The second-order valence-electron chi connectivity index (χ2n) is 4.77. The van der Waals surface area contributed by atoms with Crippen molar-refractivity contribution < 1.29 is 0 Å². The number of likely N-dealkylation sites (N-methyl/N-ethyl adjacent to an activating group) is 1. The van der Waals surface area contributed by atoms with Crippen molar-refractivity contribution in [3.63, 3.8) is 0 Å². The minimum absolute atomic E-state index is 0.777. The number of fused-ring (bicyclic) bond motifs is 3. The van der Waals surface area contributed by atoms with E-state index in [0.29, 0.717) is 0 Å². The molecule has 0 spiro atoms. The lowest BCUT2D eigenvalue weighted by Crippen LogP contribution is -2.33. The summed E-state index contributed by atoms with van der Waals surface area (Å²) in [5.74, 6) is 0.777. The van der Waals surface area contributed by atoms with Crippen LogP contribution in [0.4, 0.5) is 0 Å². The second-order valence-corrected chi connectivity index (χ2v) is 4.77. The highest BCUT2D eigenvalue weighted by molar-refractivity contribution is 5.72. The van der Waals surface area contributed by atoms with Crippen LogP contribution in [0.1, 0.15) is 17.5 Å². The summed E-state index contributed by atoms with van der Waals surface area (Å²) in [4.78, 5) is 2.42. The van der Waals surface area contributed by atoms with Crippen molar-refractivity contribution in [3.05, 3.63) is 41.5 Å². The van der Waals surface area contributed by atoms with Gasteiger partial charge < -0.3 is 4.90 Å². The van der Waals surface area contributed by atoms with Crippen LogP contribution in [0.25, 0.3) is 5.57 Å². The van der Waals surface area contributed by atoms with Crippen LogP contribution in [-0.4, -0.2) is 25.0 Å². The third-order valence-corrected chi connectivity index (χ3v) is 3.69. The van der Waals surface area contributed by atoms with Crippen molar-refractivity contribution in [1.82, 2.24) is 4.90 Å². The molecule has 1 unspecified atom stereocenters. The maximum absolute atomic E-state index is 2.42. The number of nitrogens with zero attached hydrogens (tertiary/aromatic N) is 1. The van der Waals surface area contributed by atoms with Gasteiger partial charge in [-0.25, -0.2) is 0 Å². The first-order valence-corrected chi connectivity index (χ1v) is 5.81. The molecule has 0 radical (unpaired) electrons. The molecule has 0 saturated carbocycles. The van der Waals surface area contributed by atoms with E-state index in [1.165, 1.54) is 24.9 Å². The van der Waals surface area contributed by atoms with E-state index in [2.05, 4.69) is 42.3 Å². The highest BCUT2D eigenvalue weighted by Crippen LogP contribution is 2.37. The maximum atomic E-state index is 2.42. The number of hydrogen-bond donors (Lipinski definition) is 0. The molecular weight excluding hydrogens is 182 g/mol. The fourth-order valence-electron chi connectivity index (χ4n) is 2.90. The van der Waals surface area contributed by atoms with Crippen LogP contribution in [0.2, 0.25) is 0 Å². The van der Waals surface area contributed by atoms with E-state index in [4.69, 9.17) is 0 Å². The fraction of sp³-hybridized carbons (Fsp3) is 0.429. The van der Waals surface area contributed by atoms with Gasteiger partial charge in [0.25, 0.3) is 0 Å². The van der Waals surface area contributed by atoms with Crippen LogP contribution in [-0.2, 0) is 6.42 Å². The molecule has 0 saturated heterocycles. The first-order chi connectivity index (χ1) is 7.34. The van der Waals surface area contributed by atoms with Gasteiger partial charge in [-0.3, -0.25) is 0 Å². The van der Waals surface area contributed by atoms with Crippen molar-refractivity contribution in [2.75, 3.05) is 20.1 Å². The molecule has 2 aliphatic rings. The first-order valence-electron chi connectivity index (χ1n) is 5.81.